The number of likely N-dealkylation sites (tertiary alicyclic amines) is 1. The van der Waals surface area contributed by atoms with Gasteiger partial charge in [-0.2, -0.15) is 0 Å². The van der Waals surface area contributed by atoms with E-state index in [2.05, 4.69) is 12.1 Å². The van der Waals surface area contributed by atoms with Gasteiger partial charge in [0.15, 0.2) is 0 Å². The van der Waals surface area contributed by atoms with E-state index in [-0.39, 0.29) is 17.2 Å². The fourth-order valence-corrected chi connectivity index (χ4v) is 3.25. The first-order chi connectivity index (χ1) is 9.08. The summed E-state index contributed by atoms with van der Waals surface area (Å²) in [5.74, 6) is 0.263. The molecule has 0 aliphatic carbocycles. The molecule has 2 N–H and O–H groups in total. The molecule has 0 radical (unpaired) electrons. The summed E-state index contributed by atoms with van der Waals surface area (Å²) in [6.07, 6.45) is 2.29. The quantitative estimate of drug-likeness (QED) is 0.861. The highest BCUT2D eigenvalue weighted by molar-refractivity contribution is 8.00. The molecule has 1 aliphatic heterocycles. The van der Waals surface area contributed by atoms with Gasteiger partial charge in [-0.25, -0.2) is 0 Å². The van der Waals surface area contributed by atoms with E-state index < -0.39 is 0 Å². The zero-order valence-corrected chi connectivity index (χ0v) is 12.5. The van der Waals surface area contributed by atoms with Gasteiger partial charge in [0.1, 0.15) is 0 Å². The number of carbonyl (C=O) groups excluding carboxylic acids is 1. The normalized spacial score (nSPS) is 18.4. The summed E-state index contributed by atoms with van der Waals surface area (Å²) in [6, 6.07) is 8.25. The SMILES string of the molecule is CC(Sc1ccc(C(C)N)cc1)C(=O)N1CCCC1. The summed E-state index contributed by atoms with van der Waals surface area (Å²) in [4.78, 5) is 15.3. The average molecular weight is 278 g/mol. The molecule has 4 heteroatoms. The average Bonchev–Trinajstić information content (AvgIpc) is 2.92. The summed E-state index contributed by atoms with van der Waals surface area (Å²) >= 11 is 1.63. The molecular weight excluding hydrogens is 256 g/mol. The van der Waals surface area contributed by atoms with Gasteiger partial charge in [-0.05, 0) is 44.4 Å². The Labute approximate surface area is 119 Å². The Morgan fingerprint density at radius 2 is 1.79 bits per heavy atom. The number of benzene rings is 1. The molecule has 2 unspecified atom stereocenters. The van der Waals surface area contributed by atoms with Crippen LogP contribution in [-0.4, -0.2) is 29.1 Å². The van der Waals surface area contributed by atoms with Gasteiger partial charge >= 0.3 is 0 Å². The van der Waals surface area contributed by atoms with Gasteiger partial charge < -0.3 is 10.6 Å². The molecule has 0 saturated carbocycles. The molecule has 1 aromatic rings. The van der Waals surface area contributed by atoms with Gasteiger partial charge in [-0.1, -0.05) is 12.1 Å². The number of hydrogen-bond donors (Lipinski definition) is 1. The molecular formula is C15H22N2OS. The van der Waals surface area contributed by atoms with Crippen molar-refractivity contribution in [3.05, 3.63) is 29.8 Å². The smallest absolute Gasteiger partial charge is 0.235 e. The molecule has 104 valence electrons. The summed E-state index contributed by atoms with van der Waals surface area (Å²) < 4.78 is 0. The minimum Gasteiger partial charge on any atom is -0.342 e. The molecule has 2 atom stereocenters. The van der Waals surface area contributed by atoms with Crippen molar-refractivity contribution in [3.63, 3.8) is 0 Å². The third kappa shape index (κ3) is 3.74. The summed E-state index contributed by atoms with van der Waals surface area (Å²) in [7, 11) is 0. The molecule has 2 rings (SSSR count). The van der Waals surface area contributed by atoms with Crippen LogP contribution >= 0.6 is 11.8 Å². The number of carbonyl (C=O) groups is 1. The van der Waals surface area contributed by atoms with Gasteiger partial charge in [-0.15, -0.1) is 11.8 Å². The molecule has 3 nitrogen and oxygen atoms in total. The number of nitrogens with zero attached hydrogens (tertiary/aromatic N) is 1. The van der Waals surface area contributed by atoms with Crippen LogP contribution in [0.5, 0.6) is 0 Å². The minimum atomic E-state index is -0.0146. The van der Waals surface area contributed by atoms with Crippen LogP contribution in [0.3, 0.4) is 0 Å². The molecule has 1 fully saturated rings. The number of rotatable bonds is 4. The Morgan fingerprint density at radius 1 is 1.21 bits per heavy atom. The second-order valence-electron chi connectivity index (χ2n) is 5.15. The minimum absolute atomic E-state index is 0.0146. The fourth-order valence-electron chi connectivity index (χ4n) is 2.30. The molecule has 0 bridgehead atoms. The van der Waals surface area contributed by atoms with Gasteiger partial charge in [0.2, 0.25) is 5.91 Å². The third-order valence-electron chi connectivity index (χ3n) is 3.48. The first-order valence-corrected chi connectivity index (χ1v) is 7.77. The van der Waals surface area contributed by atoms with E-state index in [1.165, 1.54) is 0 Å². The van der Waals surface area contributed by atoms with Crippen LogP contribution in [0.4, 0.5) is 0 Å². The van der Waals surface area contributed by atoms with Gasteiger partial charge in [0.25, 0.3) is 0 Å². The van der Waals surface area contributed by atoms with E-state index >= 15 is 0 Å². The zero-order valence-electron chi connectivity index (χ0n) is 11.6. The van der Waals surface area contributed by atoms with Crippen LogP contribution in [0.25, 0.3) is 0 Å². The maximum atomic E-state index is 12.2. The maximum Gasteiger partial charge on any atom is 0.235 e. The van der Waals surface area contributed by atoms with Crippen molar-refractivity contribution in [2.24, 2.45) is 5.73 Å². The number of nitrogens with two attached hydrogens (primary N) is 1. The van der Waals surface area contributed by atoms with Gasteiger partial charge in [0.05, 0.1) is 5.25 Å². The Kier molecular flexibility index (Phi) is 4.88. The van der Waals surface area contributed by atoms with Crippen LogP contribution in [-0.2, 0) is 4.79 Å². The Morgan fingerprint density at radius 3 is 2.32 bits per heavy atom. The second-order valence-corrected chi connectivity index (χ2v) is 6.56. The molecule has 19 heavy (non-hydrogen) atoms. The summed E-state index contributed by atoms with van der Waals surface area (Å²) in [5, 5.41) is -0.0146. The highest BCUT2D eigenvalue weighted by Crippen LogP contribution is 2.26. The topological polar surface area (TPSA) is 46.3 Å². The van der Waals surface area contributed by atoms with Crippen molar-refractivity contribution in [1.29, 1.82) is 0 Å². The van der Waals surface area contributed by atoms with E-state index in [4.69, 9.17) is 5.73 Å². The predicted octanol–water partition coefficient (Wildman–Crippen LogP) is 2.81. The molecule has 1 saturated heterocycles. The lowest BCUT2D eigenvalue weighted by molar-refractivity contribution is -0.129. The van der Waals surface area contributed by atoms with E-state index in [1.807, 2.05) is 30.9 Å². The standard InChI is InChI=1S/C15H22N2OS/c1-11(16)13-5-7-14(8-6-13)19-12(2)15(18)17-9-3-4-10-17/h5-8,11-12H,3-4,9-10,16H2,1-2H3. The highest BCUT2D eigenvalue weighted by Gasteiger charge is 2.23. The lowest BCUT2D eigenvalue weighted by atomic mass is 10.1. The molecule has 1 aromatic carbocycles. The first-order valence-electron chi connectivity index (χ1n) is 6.89. The number of thioether (sulfide) groups is 1. The first kappa shape index (κ1) is 14.4. The Bertz CT molecular complexity index is 424. The molecule has 0 aromatic heterocycles. The monoisotopic (exact) mass is 278 g/mol. The molecule has 1 amide bonds. The molecule has 1 aliphatic rings. The highest BCUT2D eigenvalue weighted by atomic mass is 32.2. The predicted molar refractivity (Wildman–Crippen MR) is 80.2 cm³/mol. The third-order valence-corrected chi connectivity index (χ3v) is 4.58. The van der Waals surface area contributed by atoms with Crippen molar-refractivity contribution in [2.45, 2.75) is 42.9 Å². The van der Waals surface area contributed by atoms with Crippen molar-refractivity contribution in [3.8, 4) is 0 Å². The van der Waals surface area contributed by atoms with E-state index in [0.717, 1.165) is 36.4 Å². The van der Waals surface area contributed by atoms with E-state index in [9.17, 15) is 4.79 Å². The summed E-state index contributed by atoms with van der Waals surface area (Å²) in [5.41, 5.74) is 6.96. The zero-order chi connectivity index (χ0) is 13.8. The van der Waals surface area contributed by atoms with Crippen LogP contribution in [0.1, 0.15) is 38.3 Å². The van der Waals surface area contributed by atoms with Gasteiger partial charge in [0, 0.05) is 24.0 Å². The van der Waals surface area contributed by atoms with Crippen LogP contribution in [0.2, 0.25) is 0 Å². The largest absolute Gasteiger partial charge is 0.342 e. The fraction of sp³-hybridized carbons (Fsp3) is 0.533. The summed E-state index contributed by atoms with van der Waals surface area (Å²) in [6.45, 7) is 5.81. The van der Waals surface area contributed by atoms with Crippen molar-refractivity contribution < 1.29 is 4.79 Å². The Balaban J connectivity index is 1.94. The van der Waals surface area contributed by atoms with Crippen LogP contribution in [0.15, 0.2) is 29.2 Å². The lowest BCUT2D eigenvalue weighted by Crippen LogP contribution is -2.33. The van der Waals surface area contributed by atoms with Gasteiger partial charge in [-0.3, -0.25) is 4.79 Å². The van der Waals surface area contributed by atoms with Crippen molar-refractivity contribution in [1.82, 2.24) is 4.90 Å². The number of hydrogen-bond acceptors (Lipinski definition) is 3. The second kappa shape index (κ2) is 6.44. The maximum absolute atomic E-state index is 12.2. The van der Waals surface area contributed by atoms with Crippen molar-refractivity contribution >= 4 is 17.7 Å². The van der Waals surface area contributed by atoms with Crippen LogP contribution < -0.4 is 5.73 Å². The van der Waals surface area contributed by atoms with E-state index in [1.54, 1.807) is 11.8 Å². The molecule has 1 heterocycles. The molecule has 0 spiro atoms. The van der Waals surface area contributed by atoms with E-state index in [0.29, 0.717) is 0 Å². The lowest BCUT2D eigenvalue weighted by Gasteiger charge is -2.20. The van der Waals surface area contributed by atoms with Crippen molar-refractivity contribution in [2.75, 3.05) is 13.1 Å². The Hall–Kier alpha value is -1.00. The number of amides is 1. The van der Waals surface area contributed by atoms with Crippen LogP contribution in [0, 0.1) is 0 Å².